The third-order valence-corrected chi connectivity index (χ3v) is 1.61. The smallest absolute Gasteiger partial charge is 0.137 e. The number of anilines is 1. The Balaban J connectivity index is 2.42. The predicted octanol–water partition coefficient (Wildman–Crippen LogP) is 1.67. The van der Waals surface area contributed by atoms with Crippen LogP contribution in [0.1, 0.15) is 5.56 Å². The van der Waals surface area contributed by atoms with Crippen LogP contribution in [0.25, 0.3) is 0 Å². The summed E-state index contributed by atoms with van der Waals surface area (Å²) in [6.07, 6.45) is 4.29. The third-order valence-electron chi connectivity index (χ3n) is 1.61. The van der Waals surface area contributed by atoms with Crippen molar-refractivity contribution in [2.24, 2.45) is 10.1 Å². The predicted molar refractivity (Wildman–Crippen MR) is 65.1 cm³/mol. The minimum Gasteiger partial charge on any atom is -0.346 e. The number of nitriles is 1. The number of hydrazone groups is 1. The summed E-state index contributed by atoms with van der Waals surface area (Å²) in [5, 5.41) is 15.2. The number of nitrogens with zero attached hydrogens (tertiary/aromatic N) is 3. The molecule has 0 saturated heterocycles. The first kappa shape index (κ1) is 11.5. The molecule has 5 nitrogen and oxygen atoms in total. The molecule has 0 amide bonds. The van der Waals surface area contributed by atoms with Gasteiger partial charge in [-0.05, 0) is 24.3 Å². The van der Waals surface area contributed by atoms with Crippen molar-refractivity contribution < 1.29 is 0 Å². The molecule has 0 bridgehead atoms. The molecule has 16 heavy (non-hydrogen) atoms. The van der Waals surface area contributed by atoms with Gasteiger partial charge >= 0.3 is 0 Å². The van der Waals surface area contributed by atoms with Gasteiger partial charge in [-0.3, -0.25) is 5.43 Å². The zero-order chi connectivity index (χ0) is 11.6. The van der Waals surface area contributed by atoms with Crippen LogP contribution in [0.2, 0.25) is 0 Å². The molecule has 0 aromatic heterocycles. The Hall–Kier alpha value is -2.61. The van der Waals surface area contributed by atoms with E-state index in [1.807, 2.05) is 6.07 Å². The molecule has 0 aliphatic heterocycles. The molecule has 0 aliphatic carbocycles. The Kier molecular flexibility index (Phi) is 4.86. The fraction of sp³-hybridized carbons (Fsp3) is 0. The van der Waals surface area contributed by atoms with Gasteiger partial charge in [-0.25, -0.2) is 4.99 Å². The lowest BCUT2D eigenvalue weighted by Crippen LogP contribution is -1.96. The molecule has 0 radical (unpaired) electrons. The molecule has 0 heterocycles. The fourth-order valence-electron chi connectivity index (χ4n) is 0.905. The van der Waals surface area contributed by atoms with Gasteiger partial charge in [0.25, 0.3) is 0 Å². The van der Waals surface area contributed by atoms with Gasteiger partial charge < -0.3 is 5.32 Å². The van der Waals surface area contributed by atoms with Crippen LogP contribution in [0.4, 0.5) is 5.69 Å². The van der Waals surface area contributed by atoms with Crippen LogP contribution in [0.15, 0.2) is 47.1 Å². The zero-order valence-corrected chi connectivity index (χ0v) is 8.59. The van der Waals surface area contributed by atoms with Crippen LogP contribution in [0.5, 0.6) is 0 Å². The molecule has 1 aromatic rings. The molecule has 1 aromatic carbocycles. The highest BCUT2D eigenvalue weighted by atomic mass is 15.3. The standard InChI is InChI=1S/C11H11N5/c1-2-15-16-9-13-8-14-11-5-3-10(7-12)4-6-11/h2-6,8-9,15H,1H2,(H,13,14,16). The highest BCUT2D eigenvalue weighted by Gasteiger charge is 1.89. The quantitative estimate of drug-likeness (QED) is 0.444. The summed E-state index contributed by atoms with van der Waals surface area (Å²) < 4.78 is 0. The van der Waals surface area contributed by atoms with Crippen molar-refractivity contribution in [3.8, 4) is 6.07 Å². The van der Waals surface area contributed by atoms with E-state index in [-0.39, 0.29) is 0 Å². The van der Waals surface area contributed by atoms with Crippen LogP contribution >= 0.6 is 0 Å². The summed E-state index contributed by atoms with van der Waals surface area (Å²) in [7, 11) is 0. The molecule has 0 atom stereocenters. The summed E-state index contributed by atoms with van der Waals surface area (Å²) in [5.74, 6) is 0. The van der Waals surface area contributed by atoms with Gasteiger partial charge in [0.2, 0.25) is 0 Å². The summed E-state index contributed by atoms with van der Waals surface area (Å²) in [4.78, 5) is 3.84. The molecule has 0 spiro atoms. The number of hydrogen-bond donors (Lipinski definition) is 2. The van der Waals surface area contributed by atoms with Crippen LogP contribution in [0.3, 0.4) is 0 Å². The number of hydrogen-bond acceptors (Lipinski definition) is 3. The highest BCUT2D eigenvalue weighted by molar-refractivity contribution is 5.81. The lowest BCUT2D eigenvalue weighted by molar-refractivity contribution is 0.976. The van der Waals surface area contributed by atoms with Crippen LogP contribution < -0.4 is 10.7 Å². The zero-order valence-electron chi connectivity index (χ0n) is 8.59. The normalized spacial score (nSPS) is 10.2. The second-order valence-electron chi connectivity index (χ2n) is 2.69. The van der Waals surface area contributed by atoms with Gasteiger partial charge in [0.15, 0.2) is 0 Å². The molecule has 0 aliphatic rings. The molecule has 80 valence electrons. The summed E-state index contributed by atoms with van der Waals surface area (Å²) in [6, 6.07) is 9.09. The van der Waals surface area contributed by atoms with Gasteiger partial charge in [-0.15, -0.1) is 0 Å². The minimum atomic E-state index is 0.624. The van der Waals surface area contributed by atoms with Gasteiger partial charge in [0.1, 0.15) is 6.34 Å². The SMILES string of the molecule is C=CN/N=C\N=C/Nc1ccc(C#N)cc1. The van der Waals surface area contributed by atoms with Crippen LogP contribution in [-0.2, 0) is 0 Å². The third kappa shape index (κ3) is 4.07. The Morgan fingerprint density at radius 1 is 1.31 bits per heavy atom. The monoisotopic (exact) mass is 213 g/mol. The van der Waals surface area contributed by atoms with Crippen molar-refractivity contribution in [3.63, 3.8) is 0 Å². The molecular weight excluding hydrogens is 202 g/mol. The first-order chi connectivity index (χ1) is 7.86. The molecule has 5 heteroatoms. The summed E-state index contributed by atoms with van der Waals surface area (Å²) in [6.45, 7) is 3.42. The second-order valence-corrected chi connectivity index (χ2v) is 2.69. The van der Waals surface area contributed by atoms with E-state index < -0.39 is 0 Å². The van der Waals surface area contributed by atoms with E-state index in [2.05, 4.69) is 27.4 Å². The maximum Gasteiger partial charge on any atom is 0.137 e. The van der Waals surface area contributed by atoms with Crippen LogP contribution in [-0.4, -0.2) is 12.7 Å². The topological polar surface area (TPSA) is 72.6 Å². The molecular formula is C11H11N5. The van der Waals surface area contributed by atoms with E-state index in [4.69, 9.17) is 5.26 Å². The molecule has 1 rings (SSSR count). The molecule has 0 fully saturated rings. The van der Waals surface area contributed by atoms with Crippen molar-refractivity contribution >= 4 is 18.4 Å². The van der Waals surface area contributed by atoms with Crippen molar-refractivity contribution in [2.75, 3.05) is 5.32 Å². The molecule has 2 N–H and O–H groups in total. The Bertz CT molecular complexity index is 425. The fourth-order valence-corrected chi connectivity index (χ4v) is 0.905. The second kappa shape index (κ2) is 6.79. The Labute approximate surface area is 93.8 Å². The summed E-state index contributed by atoms with van der Waals surface area (Å²) in [5.41, 5.74) is 4.00. The maximum absolute atomic E-state index is 8.60. The van der Waals surface area contributed by atoms with E-state index in [9.17, 15) is 0 Å². The lowest BCUT2D eigenvalue weighted by Gasteiger charge is -1.97. The average molecular weight is 213 g/mol. The highest BCUT2D eigenvalue weighted by Crippen LogP contribution is 2.07. The average Bonchev–Trinajstić information content (AvgIpc) is 2.34. The van der Waals surface area contributed by atoms with E-state index in [1.165, 1.54) is 18.9 Å². The van der Waals surface area contributed by atoms with E-state index >= 15 is 0 Å². The number of aliphatic imine (C=N–C) groups is 1. The first-order valence-corrected chi connectivity index (χ1v) is 4.53. The van der Waals surface area contributed by atoms with Crippen LogP contribution in [0, 0.1) is 11.3 Å². The van der Waals surface area contributed by atoms with E-state index in [0.717, 1.165) is 5.69 Å². The largest absolute Gasteiger partial charge is 0.346 e. The van der Waals surface area contributed by atoms with Crippen molar-refractivity contribution in [3.05, 3.63) is 42.6 Å². The Morgan fingerprint density at radius 2 is 2.06 bits per heavy atom. The maximum atomic E-state index is 8.60. The Morgan fingerprint density at radius 3 is 2.69 bits per heavy atom. The van der Waals surface area contributed by atoms with Gasteiger partial charge in [0.05, 0.1) is 18.0 Å². The van der Waals surface area contributed by atoms with Crippen molar-refractivity contribution in [1.29, 1.82) is 5.26 Å². The minimum absolute atomic E-state index is 0.624. The number of rotatable bonds is 5. The van der Waals surface area contributed by atoms with E-state index in [0.29, 0.717) is 5.56 Å². The molecule has 0 saturated carbocycles. The lowest BCUT2D eigenvalue weighted by atomic mass is 10.2. The van der Waals surface area contributed by atoms with Crippen molar-refractivity contribution in [2.45, 2.75) is 0 Å². The van der Waals surface area contributed by atoms with Gasteiger partial charge in [-0.2, -0.15) is 10.4 Å². The van der Waals surface area contributed by atoms with E-state index in [1.54, 1.807) is 24.3 Å². The molecule has 0 unspecified atom stereocenters. The van der Waals surface area contributed by atoms with Crippen molar-refractivity contribution in [1.82, 2.24) is 5.43 Å². The van der Waals surface area contributed by atoms with Gasteiger partial charge in [-0.1, -0.05) is 6.58 Å². The summed E-state index contributed by atoms with van der Waals surface area (Å²) >= 11 is 0. The number of nitrogens with one attached hydrogen (secondary N) is 2. The van der Waals surface area contributed by atoms with Gasteiger partial charge in [0, 0.05) is 11.9 Å². The first-order valence-electron chi connectivity index (χ1n) is 4.53. The number of benzene rings is 1.